The molecule has 0 bridgehead atoms. The van der Waals surface area contributed by atoms with E-state index in [9.17, 15) is 19.2 Å². The van der Waals surface area contributed by atoms with Gasteiger partial charge in [-0.25, -0.2) is 4.79 Å². The third kappa shape index (κ3) is 3.32. The van der Waals surface area contributed by atoms with E-state index in [0.717, 1.165) is 12.8 Å². The molecule has 8 heteroatoms. The predicted molar refractivity (Wildman–Crippen MR) is 113 cm³/mol. The number of nitrogens with zero attached hydrogens (tertiary/aromatic N) is 3. The molecule has 1 aromatic rings. The lowest BCUT2D eigenvalue weighted by Crippen LogP contribution is -2.69. The highest BCUT2D eigenvalue weighted by atomic mass is 16.5. The van der Waals surface area contributed by atoms with E-state index < -0.39 is 24.1 Å². The highest BCUT2D eigenvalue weighted by Crippen LogP contribution is 2.49. The largest absolute Gasteiger partial charge is 0.452 e. The van der Waals surface area contributed by atoms with E-state index in [1.54, 1.807) is 36.4 Å². The van der Waals surface area contributed by atoms with Crippen LogP contribution in [0.5, 0.6) is 0 Å². The van der Waals surface area contributed by atoms with Gasteiger partial charge in [0.2, 0.25) is 11.6 Å². The van der Waals surface area contributed by atoms with Crippen molar-refractivity contribution in [3.05, 3.63) is 55.1 Å². The van der Waals surface area contributed by atoms with E-state index in [0.29, 0.717) is 11.3 Å². The second-order valence-electron chi connectivity index (χ2n) is 7.92. The number of ether oxygens (including phenoxy) is 1. The molecule has 0 radical (unpaired) electrons. The van der Waals surface area contributed by atoms with Gasteiger partial charge in [-0.2, -0.15) is 0 Å². The Labute approximate surface area is 180 Å². The summed E-state index contributed by atoms with van der Waals surface area (Å²) in [5.74, 6) is -1.68. The summed E-state index contributed by atoms with van der Waals surface area (Å²) in [6, 6.07) is 6.67. The smallest absolute Gasteiger partial charge is 0.354 e. The highest BCUT2D eigenvalue weighted by Gasteiger charge is 2.64. The Bertz CT molecular complexity index is 960. The summed E-state index contributed by atoms with van der Waals surface area (Å²) in [4.78, 5) is 56.6. The van der Waals surface area contributed by atoms with Crippen molar-refractivity contribution >= 4 is 29.4 Å². The van der Waals surface area contributed by atoms with Crippen LogP contribution in [0, 0.1) is 0 Å². The molecule has 1 atom stereocenters. The Kier molecular flexibility index (Phi) is 5.39. The van der Waals surface area contributed by atoms with E-state index in [1.807, 2.05) is 0 Å². The fourth-order valence-electron chi connectivity index (χ4n) is 4.44. The molecule has 1 aromatic carbocycles. The van der Waals surface area contributed by atoms with Crippen LogP contribution in [0.15, 0.2) is 49.6 Å². The first-order chi connectivity index (χ1) is 15.0. The van der Waals surface area contributed by atoms with Gasteiger partial charge in [-0.3, -0.25) is 19.3 Å². The predicted octanol–water partition coefficient (Wildman–Crippen LogP) is 1.87. The van der Waals surface area contributed by atoms with E-state index in [2.05, 4.69) is 13.2 Å². The number of carbonyl (C=O) groups is 4. The third-order valence-electron chi connectivity index (χ3n) is 5.92. The van der Waals surface area contributed by atoms with Crippen molar-refractivity contribution in [2.24, 2.45) is 0 Å². The molecule has 0 aromatic heterocycles. The molecule has 2 heterocycles. The van der Waals surface area contributed by atoms with Gasteiger partial charge >= 0.3 is 5.97 Å². The Morgan fingerprint density at radius 3 is 2.48 bits per heavy atom. The minimum atomic E-state index is -1.55. The van der Waals surface area contributed by atoms with Gasteiger partial charge in [0.1, 0.15) is 0 Å². The van der Waals surface area contributed by atoms with Crippen molar-refractivity contribution < 1.29 is 23.9 Å². The van der Waals surface area contributed by atoms with Crippen LogP contribution in [-0.2, 0) is 19.1 Å². The SMILES string of the molecule is C=CCN(CC=C)C(=O)COC(=O)C12CCC(=O)N1c1ccccc1C(=O)N2C1CC1. The van der Waals surface area contributed by atoms with Crippen LogP contribution >= 0.6 is 0 Å². The molecular formula is C23H25N3O5. The maximum atomic E-state index is 13.5. The van der Waals surface area contributed by atoms with E-state index in [1.165, 1.54) is 14.7 Å². The average molecular weight is 423 g/mol. The van der Waals surface area contributed by atoms with Crippen molar-refractivity contribution in [1.29, 1.82) is 0 Å². The van der Waals surface area contributed by atoms with Gasteiger partial charge in [0.15, 0.2) is 6.61 Å². The first kappa shape index (κ1) is 20.8. The lowest BCUT2D eigenvalue weighted by molar-refractivity contribution is -0.162. The molecule has 4 rings (SSSR count). The monoisotopic (exact) mass is 423 g/mol. The van der Waals surface area contributed by atoms with Crippen molar-refractivity contribution in [3.8, 4) is 0 Å². The molecule has 2 aliphatic heterocycles. The topological polar surface area (TPSA) is 87.2 Å². The molecule has 1 unspecified atom stereocenters. The summed E-state index contributed by atoms with van der Waals surface area (Å²) in [5.41, 5.74) is -0.742. The van der Waals surface area contributed by atoms with Gasteiger partial charge in [0, 0.05) is 32.0 Å². The summed E-state index contributed by atoms with van der Waals surface area (Å²) in [5, 5.41) is 0. The molecule has 162 valence electrons. The minimum Gasteiger partial charge on any atom is -0.452 e. The number of hydrogen-bond donors (Lipinski definition) is 0. The van der Waals surface area contributed by atoms with E-state index in [-0.39, 0.29) is 43.8 Å². The number of fused-ring (bicyclic) bond motifs is 3. The van der Waals surface area contributed by atoms with E-state index in [4.69, 9.17) is 4.74 Å². The molecule has 0 N–H and O–H groups in total. The van der Waals surface area contributed by atoms with Crippen LogP contribution in [0.1, 0.15) is 36.0 Å². The summed E-state index contributed by atoms with van der Waals surface area (Å²) < 4.78 is 5.45. The fraction of sp³-hybridized carbons (Fsp3) is 0.391. The molecule has 8 nitrogen and oxygen atoms in total. The van der Waals surface area contributed by atoms with Crippen molar-refractivity contribution in [2.45, 2.75) is 37.4 Å². The Morgan fingerprint density at radius 2 is 1.84 bits per heavy atom. The molecule has 1 saturated heterocycles. The molecule has 1 saturated carbocycles. The number of rotatable bonds is 8. The number of para-hydroxylation sites is 1. The van der Waals surface area contributed by atoms with Gasteiger partial charge in [-0.1, -0.05) is 24.3 Å². The highest BCUT2D eigenvalue weighted by molar-refractivity contribution is 6.15. The van der Waals surface area contributed by atoms with Crippen LogP contribution < -0.4 is 4.90 Å². The quantitative estimate of drug-likeness (QED) is 0.471. The minimum absolute atomic E-state index is 0.118. The first-order valence-electron chi connectivity index (χ1n) is 10.4. The van der Waals surface area contributed by atoms with Crippen molar-refractivity contribution in [1.82, 2.24) is 9.80 Å². The Morgan fingerprint density at radius 1 is 1.16 bits per heavy atom. The number of esters is 1. The number of amides is 3. The second-order valence-corrected chi connectivity index (χ2v) is 7.92. The summed E-state index contributed by atoms with van der Waals surface area (Å²) in [6.45, 7) is 7.34. The zero-order valence-electron chi connectivity index (χ0n) is 17.3. The Balaban J connectivity index is 1.66. The molecule has 0 spiro atoms. The molecule has 3 aliphatic rings. The summed E-state index contributed by atoms with van der Waals surface area (Å²) >= 11 is 0. The molecule has 1 aliphatic carbocycles. The van der Waals surface area contributed by atoms with Crippen LogP contribution in [0.4, 0.5) is 5.69 Å². The standard InChI is InChI=1S/C23H25N3O5/c1-3-13-24(14-4-2)20(28)15-31-22(30)23-12-11-19(27)26(23)18-8-6-5-7-17(18)21(29)25(23)16-9-10-16/h3-8,16H,1-2,9-15H2. The van der Waals surface area contributed by atoms with Crippen molar-refractivity contribution in [3.63, 3.8) is 0 Å². The second kappa shape index (κ2) is 8.02. The average Bonchev–Trinajstić information content (AvgIpc) is 3.54. The third-order valence-corrected chi connectivity index (χ3v) is 5.92. The van der Waals surface area contributed by atoms with Crippen LogP contribution in [0.2, 0.25) is 0 Å². The normalized spacial score (nSPS) is 21.9. The molecule has 3 amide bonds. The summed E-state index contributed by atoms with van der Waals surface area (Å²) in [6.07, 6.45) is 4.92. The van der Waals surface area contributed by atoms with Crippen LogP contribution in [0.3, 0.4) is 0 Å². The summed E-state index contributed by atoms with van der Waals surface area (Å²) in [7, 11) is 0. The van der Waals surface area contributed by atoms with Crippen LogP contribution in [0.25, 0.3) is 0 Å². The zero-order chi connectivity index (χ0) is 22.2. The lowest BCUT2D eigenvalue weighted by Gasteiger charge is -2.48. The van der Waals surface area contributed by atoms with Gasteiger partial charge in [0.05, 0.1) is 11.3 Å². The van der Waals surface area contributed by atoms with E-state index >= 15 is 0 Å². The number of carbonyl (C=O) groups excluding carboxylic acids is 4. The zero-order valence-corrected chi connectivity index (χ0v) is 17.3. The lowest BCUT2D eigenvalue weighted by atomic mass is 9.96. The van der Waals surface area contributed by atoms with Crippen LogP contribution in [-0.4, -0.2) is 64.9 Å². The molecule has 2 fully saturated rings. The first-order valence-corrected chi connectivity index (χ1v) is 10.4. The maximum absolute atomic E-state index is 13.5. The van der Waals surface area contributed by atoms with Gasteiger partial charge in [0.25, 0.3) is 11.8 Å². The number of hydrogen-bond acceptors (Lipinski definition) is 5. The number of anilines is 1. The maximum Gasteiger partial charge on any atom is 0.354 e. The molecule has 31 heavy (non-hydrogen) atoms. The number of benzene rings is 1. The van der Waals surface area contributed by atoms with Gasteiger partial charge < -0.3 is 14.5 Å². The van der Waals surface area contributed by atoms with Crippen molar-refractivity contribution in [2.75, 3.05) is 24.6 Å². The molecular weight excluding hydrogens is 398 g/mol. The Hall–Kier alpha value is -3.42. The fourth-order valence-corrected chi connectivity index (χ4v) is 4.44. The van der Waals surface area contributed by atoms with Gasteiger partial charge in [-0.05, 0) is 25.0 Å². The van der Waals surface area contributed by atoms with Gasteiger partial charge in [-0.15, -0.1) is 13.2 Å².